The van der Waals surface area contributed by atoms with Gasteiger partial charge in [0, 0.05) is 17.4 Å². The number of oxazole rings is 1. The molecule has 1 aliphatic heterocycles. The molecule has 1 aromatic carbocycles. The normalized spacial score (nSPS) is 18.2. The number of sulfone groups is 1. The van der Waals surface area contributed by atoms with Gasteiger partial charge in [0.15, 0.2) is 21.2 Å². The zero-order chi connectivity index (χ0) is 14.7. The summed E-state index contributed by atoms with van der Waals surface area (Å²) in [5.74, 6) is 0.142. The van der Waals surface area contributed by atoms with Crippen molar-refractivity contribution in [1.29, 1.82) is 0 Å². The fraction of sp³-hybridized carbons (Fsp3) is 0.429. The highest BCUT2D eigenvalue weighted by Crippen LogP contribution is 2.35. The third kappa shape index (κ3) is 1.86. The highest BCUT2D eigenvalue weighted by Gasteiger charge is 2.34. The molecule has 0 amide bonds. The summed E-state index contributed by atoms with van der Waals surface area (Å²) in [5, 5.41) is 0. The van der Waals surface area contributed by atoms with Crippen molar-refractivity contribution in [3.8, 4) is 0 Å². The van der Waals surface area contributed by atoms with Crippen molar-refractivity contribution < 1.29 is 17.6 Å². The number of hydrogen-bond donors (Lipinski definition) is 0. The van der Waals surface area contributed by atoms with Crippen LogP contribution in [0.3, 0.4) is 0 Å². The van der Waals surface area contributed by atoms with Gasteiger partial charge in [-0.2, -0.15) is 0 Å². The summed E-state index contributed by atoms with van der Waals surface area (Å²) in [4.78, 5) is 16.2. The average Bonchev–Trinajstić information content (AvgIpc) is 2.77. The number of ketones is 1. The quantitative estimate of drug-likeness (QED) is 0.745. The van der Waals surface area contributed by atoms with Gasteiger partial charge >= 0.3 is 0 Å². The lowest BCUT2D eigenvalue weighted by atomic mass is 9.97. The number of carbonyl (C=O) groups is 1. The van der Waals surface area contributed by atoms with Crippen LogP contribution in [-0.4, -0.2) is 24.9 Å². The van der Waals surface area contributed by atoms with Crippen LogP contribution in [0.5, 0.6) is 0 Å². The standard InChI is InChI=1S/C14H15NO4S/c1-14(2,3)13-15-9-5-4-8-10(16)6-7-20(17,18)12(8)11(9)19-13/h4-5H,6-7H2,1-3H3. The Morgan fingerprint density at radius 3 is 2.60 bits per heavy atom. The number of aromatic nitrogens is 1. The van der Waals surface area contributed by atoms with E-state index < -0.39 is 9.84 Å². The highest BCUT2D eigenvalue weighted by molar-refractivity contribution is 7.91. The van der Waals surface area contributed by atoms with Crippen LogP contribution >= 0.6 is 0 Å². The molecule has 0 N–H and O–H groups in total. The molecule has 6 heteroatoms. The Labute approximate surface area is 116 Å². The Balaban J connectivity index is 2.41. The predicted molar refractivity (Wildman–Crippen MR) is 73.7 cm³/mol. The van der Waals surface area contributed by atoms with Crippen molar-refractivity contribution in [3.05, 3.63) is 23.6 Å². The van der Waals surface area contributed by atoms with E-state index in [1.807, 2.05) is 20.8 Å². The van der Waals surface area contributed by atoms with Crippen molar-refractivity contribution in [1.82, 2.24) is 4.98 Å². The van der Waals surface area contributed by atoms with Crippen LogP contribution in [0.4, 0.5) is 0 Å². The van der Waals surface area contributed by atoms with E-state index in [1.165, 1.54) is 6.07 Å². The van der Waals surface area contributed by atoms with E-state index >= 15 is 0 Å². The number of benzene rings is 1. The second-order valence-electron chi connectivity index (χ2n) is 6.05. The van der Waals surface area contributed by atoms with Crippen LogP contribution in [0, 0.1) is 0 Å². The molecule has 0 unspecified atom stereocenters. The average molecular weight is 293 g/mol. The van der Waals surface area contributed by atoms with E-state index in [9.17, 15) is 13.2 Å². The SMILES string of the molecule is CC(C)(C)c1nc2ccc3c(c2o1)S(=O)(=O)CCC3=O. The van der Waals surface area contributed by atoms with E-state index in [0.29, 0.717) is 11.4 Å². The van der Waals surface area contributed by atoms with Crippen molar-refractivity contribution in [2.45, 2.75) is 37.5 Å². The topological polar surface area (TPSA) is 77.2 Å². The number of rotatable bonds is 0. The van der Waals surface area contributed by atoms with Crippen molar-refractivity contribution >= 4 is 26.7 Å². The van der Waals surface area contributed by atoms with E-state index in [-0.39, 0.29) is 39.4 Å². The Kier molecular flexibility index (Phi) is 2.60. The fourth-order valence-corrected chi connectivity index (χ4v) is 3.88. The number of nitrogens with zero attached hydrogens (tertiary/aromatic N) is 1. The number of carbonyl (C=O) groups excluding carboxylic acids is 1. The van der Waals surface area contributed by atoms with Crippen LogP contribution in [0.25, 0.3) is 11.1 Å². The highest BCUT2D eigenvalue weighted by atomic mass is 32.2. The second kappa shape index (κ2) is 3.91. The molecule has 0 fully saturated rings. The van der Waals surface area contributed by atoms with Gasteiger partial charge < -0.3 is 4.42 Å². The maximum atomic E-state index is 12.3. The molecule has 5 nitrogen and oxygen atoms in total. The summed E-state index contributed by atoms with van der Waals surface area (Å²) in [6.45, 7) is 5.80. The molecule has 0 radical (unpaired) electrons. The molecule has 1 aliphatic rings. The molecular formula is C14H15NO4S. The third-order valence-electron chi connectivity index (χ3n) is 3.36. The molecular weight excluding hydrogens is 278 g/mol. The van der Waals surface area contributed by atoms with Crippen molar-refractivity contribution in [2.24, 2.45) is 0 Å². The summed E-state index contributed by atoms with van der Waals surface area (Å²) in [6, 6.07) is 3.18. The summed E-state index contributed by atoms with van der Waals surface area (Å²) in [7, 11) is -3.49. The molecule has 3 rings (SSSR count). The minimum Gasteiger partial charge on any atom is -0.439 e. The van der Waals surface area contributed by atoms with Gasteiger partial charge in [-0.05, 0) is 12.1 Å². The van der Waals surface area contributed by atoms with Crippen LogP contribution in [0.2, 0.25) is 0 Å². The minimum absolute atomic E-state index is 0.00856. The van der Waals surface area contributed by atoms with E-state index in [0.717, 1.165) is 0 Å². The van der Waals surface area contributed by atoms with Crippen molar-refractivity contribution in [3.63, 3.8) is 0 Å². The summed E-state index contributed by atoms with van der Waals surface area (Å²) in [6.07, 6.45) is 0.0289. The smallest absolute Gasteiger partial charge is 0.200 e. The van der Waals surface area contributed by atoms with Gasteiger partial charge in [0.1, 0.15) is 10.4 Å². The third-order valence-corrected chi connectivity index (χ3v) is 5.13. The number of Topliss-reactive ketones (excluding diaryl/α,β-unsaturated/α-hetero) is 1. The van der Waals surface area contributed by atoms with Gasteiger partial charge in [-0.25, -0.2) is 13.4 Å². The molecule has 20 heavy (non-hydrogen) atoms. The Morgan fingerprint density at radius 2 is 1.95 bits per heavy atom. The van der Waals surface area contributed by atoms with Gasteiger partial charge in [0.05, 0.1) is 5.75 Å². The molecule has 2 aromatic rings. The molecule has 2 heterocycles. The molecule has 0 saturated carbocycles. The first-order valence-electron chi connectivity index (χ1n) is 6.40. The molecule has 0 bridgehead atoms. The Hall–Kier alpha value is -1.69. The van der Waals surface area contributed by atoms with Crippen molar-refractivity contribution in [2.75, 3.05) is 5.75 Å². The largest absolute Gasteiger partial charge is 0.439 e. The minimum atomic E-state index is -3.49. The predicted octanol–water partition coefficient (Wildman–Crippen LogP) is 2.49. The van der Waals surface area contributed by atoms with E-state index in [1.54, 1.807) is 6.07 Å². The van der Waals surface area contributed by atoms with Gasteiger partial charge in [0.2, 0.25) is 5.89 Å². The molecule has 0 atom stereocenters. The van der Waals surface area contributed by atoms with Crippen LogP contribution in [0.1, 0.15) is 43.4 Å². The second-order valence-corrected chi connectivity index (χ2v) is 8.10. The summed E-state index contributed by atoms with van der Waals surface area (Å²) >= 11 is 0. The first kappa shape index (κ1) is 13.3. The van der Waals surface area contributed by atoms with E-state index in [2.05, 4.69) is 4.98 Å². The lowest BCUT2D eigenvalue weighted by molar-refractivity contribution is 0.0983. The lowest BCUT2D eigenvalue weighted by Crippen LogP contribution is -2.21. The maximum Gasteiger partial charge on any atom is 0.200 e. The first-order valence-corrected chi connectivity index (χ1v) is 8.05. The van der Waals surface area contributed by atoms with Crippen LogP contribution in [0.15, 0.2) is 21.4 Å². The monoisotopic (exact) mass is 293 g/mol. The summed E-state index contributed by atoms with van der Waals surface area (Å²) in [5.41, 5.74) is 0.585. The Bertz CT molecular complexity index is 825. The zero-order valence-corrected chi connectivity index (χ0v) is 12.4. The van der Waals surface area contributed by atoms with Gasteiger partial charge in [-0.1, -0.05) is 20.8 Å². The zero-order valence-electron chi connectivity index (χ0n) is 11.6. The first-order chi connectivity index (χ1) is 9.20. The molecule has 106 valence electrons. The van der Waals surface area contributed by atoms with Gasteiger partial charge in [-0.3, -0.25) is 4.79 Å². The maximum absolute atomic E-state index is 12.3. The molecule has 0 spiro atoms. The summed E-state index contributed by atoms with van der Waals surface area (Å²) < 4.78 is 30.2. The number of fused-ring (bicyclic) bond motifs is 3. The van der Waals surface area contributed by atoms with E-state index in [4.69, 9.17) is 4.42 Å². The van der Waals surface area contributed by atoms with Crippen LogP contribution in [-0.2, 0) is 15.3 Å². The van der Waals surface area contributed by atoms with Gasteiger partial charge in [0.25, 0.3) is 0 Å². The fourth-order valence-electron chi connectivity index (χ4n) is 2.28. The molecule has 0 aliphatic carbocycles. The van der Waals surface area contributed by atoms with Gasteiger partial charge in [-0.15, -0.1) is 0 Å². The number of hydrogen-bond acceptors (Lipinski definition) is 5. The molecule has 0 saturated heterocycles. The Morgan fingerprint density at radius 1 is 1.25 bits per heavy atom. The van der Waals surface area contributed by atoms with Crippen LogP contribution < -0.4 is 0 Å². The lowest BCUT2D eigenvalue weighted by Gasteiger charge is -2.15. The molecule has 1 aromatic heterocycles.